The first-order chi connectivity index (χ1) is 22.2. The third-order valence-electron chi connectivity index (χ3n) is 8.45. The van der Waals surface area contributed by atoms with Crippen molar-refractivity contribution in [3.63, 3.8) is 0 Å². The van der Waals surface area contributed by atoms with Crippen LogP contribution in [-0.4, -0.2) is 76.5 Å². The lowest BCUT2D eigenvalue weighted by Gasteiger charge is -2.26. The zero-order valence-corrected chi connectivity index (χ0v) is 27.4. The number of carbonyl (C=O) groups excluding carboxylic acids is 1. The SMILES string of the molecule is C=CC(=O)Nc1cc(Nc2ncc(-c3cc(C)nn3C)c(-c3cn4c5c(cccc35)CCC4)n2)c(OC)cc1N(C)CCN(C)C. The normalized spacial score (nSPS) is 12.4. The number of nitrogens with zero attached hydrogens (tertiary/aromatic N) is 7. The van der Waals surface area contributed by atoms with Gasteiger partial charge >= 0.3 is 0 Å². The van der Waals surface area contributed by atoms with Crippen molar-refractivity contribution >= 4 is 39.8 Å². The summed E-state index contributed by atoms with van der Waals surface area (Å²) in [4.78, 5) is 26.6. The molecule has 0 spiro atoms. The summed E-state index contributed by atoms with van der Waals surface area (Å²) in [5.74, 6) is 0.686. The third-order valence-corrected chi connectivity index (χ3v) is 8.45. The molecule has 2 aromatic carbocycles. The molecule has 238 valence electrons. The molecule has 6 rings (SSSR count). The molecule has 1 aliphatic rings. The van der Waals surface area contributed by atoms with E-state index in [9.17, 15) is 4.79 Å². The van der Waals surface area contributed by atoms with Gasteiger partial charge in [0.05, 0.1) is 46.8 Å². The molecular weight excluding hydrogens is 578 g/mol. The summed E-state index contributed by atoms with van der Waals surface area (Å²) < 4.78 is 10.1. The Labute approximate surface area is 269 Å². The molecule has 5 aromatic rings. The number of likely N-dealkylation sites (N-methyl/N-ethyl adjacent to an activating group) is 2. The lowest BCUT2D eigenvalue weighted by molar-refractivity contribution is -0.111. The van der Waals surface area contributed by atoms with Crippen molar-refractivity contribution in [3.05, 3.63) is 72.7 Å². The van der Waals surface area contributed by atoms with Crippen LogP contribution in [0.1, 0.15) is 17.7 Å². The van der Waals surface area contributed by atoms with Gasteiger partial charge in [0.1, 0.15) is 5.75 Å². The van der Waals surface area contributed by atoms with Crippen molar-refractivity contribution in [2.75, 3.05) is 56.9 Å². The molecule has 0 bridgehead atoms. The molecule has 1 aliphatic heterocycles. The summed E-state index contributed by atoms with van der Waals surface area (Å²) in [6.07, 6.45) is 7.50. The number of amides is 1. The van der Waals surface area contributed by atoms with E-state index < -0.39 is 0 Å². The van der Waals surface area contributed by atoms with Crippen molar-refractivity contribution in [1.82, 2.24) is 29.2 Å². The quantitative estimate of drug-likeness (QED) is 0.184. The first kappa shape index (κ1) is 30.8. The number of ether oxygens (including phenoxy) is 1. The first-order valence-corrected chi connectivity index (χ1v) is 15.4. The second kappa shape index (κ2) is 12.7. The zero-order valence-electron chi connectivity index (χ0n) is 27.4. The Morgan fingerprint density at radius 1 is 1.13 bits per heavy atom. The fraction of sp³-hybridized carbons (Fsp3) is 0.314. The molecular formula is C35H41N9O2. The number of aryl methyl sites for hydroxylation is 4. The van der Waals surface area contributed by atoms with Crippen LogP contribution >= 0.6 is 0 Å². The van der Waals surface area contributed by atoms with Gasteiger partial charge in [-0.15, -0.1) is 0 Å². The summed E-state index contributed by atoms with van der Waals surface area (Å²) in [5, 5.41) is 12.1. The largest absolute Gasteiger partial charge is 0.494 e. The number of nitrogens with one attached hydrogen (secondary N) is 2. The van der Waals surface area contributed by atoms with Crippen LogP contribution < -0.4 is 20.3 Å². The number of methoxy groups -OCH3 is 1. The average molecular weight is 620 g/mol. The van der Waals surface area contributed by atoms with E-state index in [0.29, 0.717) is 23.1 Å². The lowest BCUT2D eigenvalue weighted by atomic mass is 10.00. The molecule has 0 radical (unpaired) electrons. The van der Waals surface area contributed by atoms with Crippen molar-refractivity contribution in [2.24, 2.45) is 7.05 Å². The summed E-state index contributed by atoms with van der Waals surface area (Å²) in [6.45, 7) is 8.17. The first-order valence-electron chi connectivity index (χ1n) is 15.4. The minimum atomic E-state index is -0.305. The fourth-order valence-corrected chi connectivity index (χ4v) is 6.17. The molecule has 2 N–H and O–H groups in total. The zero-order chi connectivity index (χ0) is 32.5. The Morgan fingerprint density at radius 3 is 2.67 bits per heavy atom. The van der Waals surface area contributed by atoms with Gasteiger partial charge in [0.15, 0.2) is 0 Å². The molecule has 0 unspecified atom stereocenters. The molecule has 3 aromatic heterocycles. The van der Waals surface area contributed by atoms with Gasteiger partial charge in [-0.1, -0.05) is 24.8 Å². The topological polar surface area (TPSA) is 105 Å². The number of anilines is 4. The van der Waals surface area contributed by atoms with Crippen molar-refractivity contribution < 1.29 is 9.53 Å². The summed E-state index contributed by atoms with van der Waals surface area (Å²) in [5.41, 5.74) is 9.26. The highest BCUT2D eigenvalue weighted by Crippen LogP contribution is 2.41. The maximum Gasteiger partial charge on any atom is 0.247 e. The van der Waals surface area contributed by atoms with Gasteiger partial charge in [-0.25, -0.2) is 9.97 Å². The molecule has 46 heavy (non-hydrogen) atoms. The number of carbonyl (C=O) groups is 1. The smallest absolute Gasteiger partial charge is 0.247 e. The van der Waals surface area contributed by atoms with Crippen molar-refractivity contribution in [2.45, 2.75) is 26.3 Å². The number of hydrogen-bond donors (Lipinski definition) is 2. The lowest BCUT2D eigenvalue weighted by Crippen LogP contribution is -2.29. The maximum atomic E-state index is 12.5. The Kier molecular flexibility index (Phi) is 8.50. The van der Waals surface area contributed by atoms with Crippen LogP contribution in [0.15, 0.2) is 61.4 Å². The van der Waals surface area contributed by atoms with Gasteiger partial charge in [-0.2, -0.15) is 5.10 Å². The molecule has 0 saturated carbocycles. The van der Waals surface area contributed by atoms with Crippen molar-refractivity contribution in [1.29, 1.82) is 0 Å². The summed E-state index contributed by atoms with van der Waals surface area (Å²) in [6, 6.07) is 12.3. The Hall–Kier alpha value is -5.16. The number of hydrogen-bond acceptors (Lipinski definition) is 8. The number of aromatic nitrogens is 5. The van der Waals surface area contributed by atoms with Gasteiger partial charge in [0, 0.05) is 68.7 Å². The molecule has 0 atom stereocenters. The van der Waals surface area contributed by atoms with E-state index in [-0.39, 0.29) is 5.91 Å². The van der Waals surface area contributed by atoms with E-state index in [1.165, 1.54) is 22.5 Å². The molecule has 11 heteroatoms. The van der Waals surface area contributed by atoms with E-state index >= 15 is 0 Å². The highest BCUT2D eigenvalue weighted by Gasteiger charge is 2.23. The Balaban J connectivity index is 1.47. The van der Waals surface area contributed by atoms with E-state index in [4.69, 9.17) is 14.7 Å². The van der Waals surface area contributed by atoms with E-state index in [2.05, 4.69) is 67.1 Å². The van der Waals surface area contributed by atoms with E-state index in [1.807, 2.05) is 58.1 Å². The molecule has 0 fully saturated rings. The van der Waals surface area contributed by atoms with Gasteiger partial charge in [0.2, 0.25) is 11.9 Å². The monoisotopic (exact) mass is 619 g/mol. The van der Waals surface area contributed by atoms with Crippen LogP contribution in [0.25, 0.3) is 33.4 Å². The van der Waals surface area contributed by atoms with Crippen molar-refractivity contribution in [3.8, 4) is 28.3 Å². The molecule has 1 amide bonds. The highest BCUT2D eigenvalue weighted by molar-refractivity contribution is 6.02. The highest BCUT2D eigenvalue weighted by atomic mass is 16.5. The summed E-state index contributed by atoms with van der Waals surface area (Å²) >= 11 is 0. The molecule has 0 saturated heterocycles. The standard InChI is InChI=1S/C35H41N9O2/c1-8-32(45)37-27-18-28(31(46-7)19-30(27)42(5)16-15-41(3)4)38-35-36-20-25(29-17-22(2)40-43(29)6)33(39-35)26-21-44-14-10-12-23-11-9-13-24(26)34(23)44/h8-9,11,13,17-21H,1,10,12,14-16H2,2-7H3,(H,37,45)(H,36,38,39). The predicted molar refractivity (Wildman–Crippen MR) is 185 cm³/mol. The summed E-state index contributed by atoms with van der Waals surface area (Å²) in [7, 11) is 9.61. The van der Waals surface area contributed by atoms with Crippen LogP contribution in [0.2, 0.25) is 0 Å². The minimum absolute atomic E-state index is 0.305. The van der Waals surface area contributed by atoms with Gasteiger partial charge in [0.25, 0.3) is 0 Å². The fourth-order valence-electron chi connectivity index (χ4n) is 6.17. The van der Waals surface area contributed by atoms with Crippen LogP contribution in [0, 0.1) is 6.92 Å². The molecule has 0 aliphatic carbocycles. The van der Waals surface area contributed by atoms with Gasteiger partial charge in [-0.3, -0.25) is 9.48 Å². The maximum absolute atomic E-state index is 12.5. The van der Waals surface area contributed by atoms with Gasteiger partial charge in [-0.05, 0) is 57.6 Å². The van der Waals surface area contributed by atoms with Crippen LogP contribution in [0.4, 0.5) is 23.0 Å². The molecule has 4 heterocycles. The minimum Gasteiger partial charge on any atom is -0.494 e. The number of rotatable bonds is 11. The van der Waals surface area contributed by atoms with Crippen LogP contribution in [0.5, 0.6) is 5.75 Å². The van der Waals surface area contributed by atoms with Crippen LogP contribution in [-0.2, 0) is 24.8 Å². The number of para-hydroxylation sites is 1. The second-order valence-electron chi connectivity index (χ2n) is 12.0. The predicted octanol–water partition coefficient (Wildman–Crippen LogP) is 5.63. The number of benzene rings is 2. The Morgan fingerprint density at radius 2 is 1.96 bits per heavy atom. The van der Waals surface area contributed by atoms with Crippen LogP contribution in [0.3, 0.4) is 0 Å². The van der Waals surface area contributed by atoms with Gasteiger partial charge < -0.3 is 29.7 Å². The molecule has 11 nitrogen and oxygen atoms in total. The Bertz CT molecular complexity index is 1940. The second-order valence-corrected chi connectivity index (χ2v) is 12.0. The average Bonchev–Trinajstić information content (AvgIpc) is 3.59. The third kappa shape index (κ3) is 5.93. The van der Waals surface area contributed by atoms with E-state index in [1.54, 1.807) is 7.11 Å². The van der Waals surface area contributed by atoms with E-state index in [0.717, 1.165) is 66.4 Å².